The van der Waals surface area contributed by atoms with Gasteiger partial charge in [0.15, 0.2) is 9.84 Å². The molecule has 0 atom stereocenters. The molecule has 0 aromatic heterocycles. The van der Waals surface area contributed by atoms with Gasteiger partial charge in [0.2, 0.25) is 0 Å². The summed E-state index contributed by atoms with van der Waals surface area (Å²) in [5, 5.41) is 0. The first-order valence-electron chi connectivity index (χ1n) is 7.02. The highest BCUT2D eigenvalue weighted by Gasteiger charge is 2.15. The van der Waals surface area contributed by atoms with Crippen LogP contribution in [0.1, 0.15) is 25.3 Å². The van der Waals surface area contributed by atoms with Crippen LogP contribution in [0, 0.1) is 0 Å². The molecule has 2 aromatic carbocycles. The molecule has 0 aliphatic heterocycles. The number of benzene rings is 2. The zero-order valence-electron chi connectivity index (χ0n) is 13.1. The standard InChI is InChI=1S/C16H19NO4S2/c1-12(2)13-4-8-16(9-5-13)23(20,21)17-14-6-10-15(11-7-14)22(3,18)19/h4-12,17H,1-3H3. The second kappa shape index (κ2) is 6.33. The molecule has 0 unspecified atom stereocenters. The average Bonchev–Trinajstić information content (AvgIpc) is 2.46. The van der Waals surface area contributed by atoms with Crippen molar-refractivity contribution in [1.82, 2.24) is 0 Å². The Morgan fingerprint density at radius 1 is 0.783 bits per heavy atom. The fourth-order valence-corrected chi connectivity index (χ4v) is 3.71. The molecule has 0 saturated heterocycles. The third-order valence-electron chi connectivity index (χ3n) is 3.39. The SMILES string of the molecule is CC(C)c1ccc(S(=O)(=O)Nc2ccc(S(C)(=O)=O)cc2)cc1. The lowest BCUT2D eigenvalue weighted by Crippen LogP contribution is -2.13. The summed E-state index contributed by atoms with van der Waals surface area (Å²) in [7, 11) is -7.01. The van der Waals surface area contributed by atoms with Gasteiger partial charge < -0.3 is 0 Å². The van der Waals surface area contributed by atoms with Crippen LogP contribution >= 0.6 is 0 Å². The number of anilines is 1. The number of sulfone groups is 1. The van der Waals surface area contributed by atoms with Gasteiger partial charge in [0, 0.05) is 11.9 Å². The van der Waals surface area contributed by atoms with Crippen LogP contribution in [-0.2, 0) is 19.9 Å². The highest BCUT2D eigenvalue weighted by Crippen LogP contribution is 2.21. The highest BCUT2D eigenvalue weighted by atomic mass is 32.2. The first-order chi connectivity index (χ1) is 10.6. The number of rotatable bonds is 5. The number of sulfonamides is 1. The van der Waals surface area contributed by atoms with Gasteiger partial charge in [0.25, 0.3) is 10.0 Å². The van der Waals surface area contributed by atoms with E-state index in [0.717, 1.165) is 11.8 Å². The smallest absolute Gasteiger partial charge is 0.261 e. The van der Waals surface area contributed by atoms with E-state index in [4.69, 9.17) is 0 Å². The maximum atomic E-state index is 12.3. The summed E-state index contributed by atoms with van der Waals surface area (Å²) in [5.74, 6) is 0.322. The van der Waals surface area contributed by atoms with Crippen LogP contribution in [0.25, 0.3) is 0 Å². The predicted octanol–water partition coefficient (Wildman–Crippen LogP) is 3.01. The van der Waals surface area contributed by atoms with Crippen molar-refractivity contribution in [2.24, 2.45) is 0 Å². The summed E-state index contributed by atoms with van der Waals surface area (Å²) >= 11 is 0. The minimum Gasteiger partial charge on any atom is -0.280 e. The van der Waals surface area contributed by atoms with Gasteiger partial charge in [-0.15, -0.1) is 0 Å². The number of hydrogen-bond donors (Lipinski definition) is 1. The normalized spacial score (nSPS) is 12.3. The van der Waals surface area contributed by atoms with Gasteiger partial charge in [0.1, 0.15) is 0 Å². The van der Waals surface area contributed by atoms with Gasteiger partial charge in [-0.1, -0.05) is 26.0 Å². The van der Waals surface area contributed by atoms with Gasteiger partial charge in [-0.25, -0.2) is 16.8 Å². The fraction of sp³-hybridized carbons (Fsp3) is 0.250. The van der Waals surface area contributed by atoms with Crippen LogP contribution in [0.4, 0.5) is 5.69 Å². The van der Waals surface area contributed by atoms with Gasteiger partial charge in [-0.2, -0.15) is 0 Å². The fourth-order valence-electron chi connectivity index (χ4n) is 2.02. The Morgan fingerprint density at radius 3 is 1.70 bits per heavy atom. The predicted molar refractivity (Wildman–Crippen MR) is 90.9 cm³/mol. The Bertz CT molecular complexity index is 882. The molecular weight excluding hydrogens is 334 g/mol. The third-order valence-corrected chi connectivity index (χ3v) is 5.92. The molecule has 0 saturated carbocycles. The Hall–Kier alpha value is -1.86. The number of nitrogens with one attached hydrogen (secondary N) is 1. The molecule has 0 aliphatic carbocycles. The van der Waals surface area contributed by atoms with Crippen LogP contribution in [0.3, 0.4) is 0 Å². The van der Waals surface area contributed by atoms with Crippen molar-refractivity contribution in [3.63, 3.8) is 0 Å². The molecule has 5 nitrogen and oxygen atoms in total. The van der Waals surface area contributed by atoms with Crippen LogP contribution in [-0.4, -0.2) is 23.1 Å². The zero-order chi connectivity index (χ0) is 17.3. The summed E-state index contributed by atoms with van der Waals surface area (Å²) in [6.45, 7) is 4.07. The molecule has 2 aromatic rings. The molecule has 124 valence electrons. The summed E-state index contributed by atoms with van der Waals surface area (Å²) in [6.07, 6.45) is 1.10. The van der Waals surface area contributed by atoms with Crippen molar-refractivity contribution < 1.29 is 16.8 Å². The van der Waals surface area contributed by atoms with E-state index >= 15 is 0 Å². The lowest BCUT2D eigenvalue weighted by atomic mass is 10.0. The lowest BCUT2D eigenvalue weighted by molar-refractivity contribution is 0.600. The van der Waals surface area contributed by atoms with E-state index in [1.807, 2.05) is 13.8 Å². The Balaban J connectivity index is 2.24. The van der Waals surface area contributed by atoms with Crippen molar-refractivity contribution >= 4 is 25.5 Å². The molecule has 0 aliphatic rings. The largest absolute Gasteiger partial charge is 0.280 e. The Kier molecular flexibility index (Phi) is 4.81. The van der Waals surface area contributed by atoms with Crippen LogP contribution in [0.15, 0.2) is 58.3 Å². The maximum absolute atomic E-state index is 12.3. The average molecular weight is 353 g/mol. The van der Waals surface area contributed by atoms with Crippen molar-refractivity contribution in [3.8, 4) is 0 Å². The van der Waals surface area contributed by atoms with Crippen LogP contribution in [0.2, 0.25) is 0 Å². The van der Waals surface area contributed by atoms with Gasteiger partial charge >= 0.3 is 0 Å². The zero-order valence-corrected chi connectivity index (χ0v) is 14.8. The molecule has 7 heteroatoms. The van der Waals surface area contributed by atoms with Crippen molar-refractivity contribution in [2.75, 3.05) is 11.0 Å². The van der Waals surface area contributed by atoms with E-state index < -0.39 is 19.9 Å². The summed E-state index contributed by atoms with van der Waals surface area (Å²) < 4.78 is 49.9. The van der Waals surface area contributed by atoms with E-state index in [9.17, 15) is 16.8 Å². The van der Waals surface area contributed by atoms with Crippen LogP contribution < -0.4 is 4.72 Å². The second-order valence-corrected chi connectivity index (χ2v) is 9.32. The van der Waals surface area contributed by atoms with Crippen molar-refractivity contribution in [1.29, 1.82) is 0 Å². The van der Waals surface area contributed by atoms with E-state index in [1.54, 1.807) is 24.3 Å². The molecule has 0 fully saturated rings. The molecule has 0 heterocycles. The Morgan fingerprint density at radius 2 is 1.26 bits per heavy atom. The highest BCUT2D eigenvalue weighted by molar-refractivity contribution is 7.92. The monoisotopic (exact) mass is 353 g/mol. The van der Waals surface area contributed by atoms with E-state index in [2.05, 4.69) is 4.72 Å². The second-order valence-electron chi connectivity index (χ2n) is 5.63. The number of hydrogen-bond acceptors (Lipinski definition) is 4. The topological polar surface area (TPSA) is 80.3 Å². The molecule has 23 heavy (non-hydrogen) atoms. The van der Waals surface area contributed by atoms with Gasteiger partial charge in [-0.05, 0) is 47.9 Å². The first kappa shape index (κ1) is 17.5. The molecule has 1 N–H and O–H groups in total. The van der Waals surface area contributed by atoms with Gasteiger partial charge in [0.05, 0.1) is 9.79 Å². The third kappa shape index (κ3) is 4.33. The van der Waals surface area contributed by atoms with E-state index in [0.29, 0.717) is 11.6 Å². The van der Waals surface area contributed by atoms with Crippen molar-refractivity contribution in [2.45, 2.75) is 29.6 Å². The van der Waals surface area contributed by atoms with E-state index in [-0.39, 0.29) is 9.79 Å². The minimum atomic E-state index is -3.70. The quantitative estimate of drug-likeness (QED) is 0.896. The minimum absolute atomic E-state index is 0.140. The Labute approximate surface area is 137 Å². The summed E-state index contributed by atoms with van der Waals surface area (Å²) in [6, 6.07) is 12.3. The lowest BCUT2D eigenvalue weighted by Gasteiger charge is -2.10. The van der Waals surface area contributed by atoms with Crippen molar-refractivity contribution in [3.05, 3.63) is 54.1 Å². The van der Waals surface area contributed by atoms with E-state index in [1.165, 1.54) is 24.3 Å². The van der Waals surface area contributed by atoms with Gasteiger partial charge in [-0.3, -0.25) is 4.72 Å². The summed E-state index contributed by atoms with van der Waals surface area (Å²) in [5.41, 5.74) is 1.37. The summed E-state index contributed by atoms with van der Waals surface area (Å²) in [4.78, 5) is 0.302. The van der Waals surface area contributed by atoms with Crippen LogP contribution in [0.5, 0.6) is 0 Å². The molecule has 0 spiro atoms. The molecule has 0 bridgehead atoms. The molecule has 0 amide bonds. The first-order valence-corrected chi connectivity index (χ1v) is 10.4. The molecule has 0 radical (unpaired) electrons. The maximum Gasteiger partial charge on any atom is 0.261 e. The molecule has 2 rings (SSSR count). The molecular formula is C16H19NO4S2.